The molecule has 3 heterocycles. The lowest BCUT2D eigenvalue weighted by Gasteiger charge is -2.12. The van der Waals surface area contributed by atoms with E-state index in [2.05, 4.69) is 15.3 Å². The van der Waals surface area contributed by atoms with Gasteiger partial charge in [0.2, 0.25) is 5.91 Å². The lowest BCUT2D eigenvalue weighted by Crippen LogP contribution is -2.20. The second-order valence-corrected chi connectivity index (χ2v) is 6.63. The molecular formula is C14H10N4O2S2. The molecule has 1 aromatic carbocycles. The van der Waals surface area contributed by atoms with Crippen molar-refractivity contribution in [2.45, 2.75) is 5.75 Å². The first-order valence-electron chi connectivity index (χ1n) is 6.55. The van der Waals surface area contributed by atoms with Gasteiger partial charge >= 0.3 is 0 Å². The minimum atomic E-state index is -0.233. The molecule has 0 radical (unpaired) electrons. The molecule has 0 saturated carbocycles. The number of fused-ring (bicyclic) bond motifs is 3. The quantitative estimate of drug-likeness (QED) is 0.781. The van der Waals surface area contributed by atoms with Gasteiger partial charge in [-0.05, 0) is 18.2 Å². The summed E-state index contributed by atoms with van der Waals surface area (Å²) in [6.45, 7) is 0. The number of hydrogen-bond donors (Lipinski definition) is 1. The molecular weight excluding hydrogens is 320 g/mol. The highest BCUT2D eigenvalue weighted by Crippen LogP contribution is 2.25. The molecule has 1 amide bonds. The maximum atomic E-state index is 12.2. The Morgan fingerprint density at radius 3 is 3.05 bits per heavy atom. The van der Waals surface area contributed by atoms with Crippen molar-refractivity contribution in [1.82, 2.24) is 14.5 Å². The van der Waals surface area contributed by atoms with Crippen LogP contribution in [0.15, 0.2) is 29.8 Å². The Kier molecular flexibility index (Phi) is 3.20. The molecule has 6 nitrogen and oxygen atoms in total. The van der Waals surface area contributed by atoms with Crippen LogP contribution in [0.25, 0.3) is 11.0 Å². The van der Waals surface area contributed by atoms with Crippen molar-refractivity contribution < 1.29 is 9.59 Å². The van der Waals surface area contributed by atoms with Crippen molar-refractivity contribution in [1.29, 1.82) is 0 Å². The number of rotatable bonds is 2. The van der Waals surface area contributed by atoms with Crippen LogP contribution in [0, 0.1) is 0 Å². The molecule has 0 atom stereocenters. The number of thioether (sulfide) groups is 1. The maximum absolute atomic E-state index is 12.2. The summed E-state index contributed by atoms with van der Waals surface area (Å²) < 4.78 is 1.65. The fraction of sp³-hybridized carbons (Fsp3) is 0.143. The van der Waals surface area contributed by atoms with E-state index in [-0.39, 0.29) is 11.8 Å². The Morgan fingerprint density at radius 1 is 1.32 bits per heavy atom. The predicted molar refractivity (Wildman–Crippen MR) is 86.6 cm³/mol. The highest BCUT2D eigenvalue weighted by Gasteiger charge is 2.22. The second-order valence-electron chi connectivity index (χ2n) is 4.74. The highest BCUT2D eigenvalue weighted by atomic mass is 32.2. The van der Waals surface area contributed by atoms with E-state index >= 15 is 0 Å². The van der Waals surface area contributed by atoms with Crippen molar-refractivity contribution in [3.05, 3.63) is 41.2 Å². The molecule has 0 bridgehead atoms. The maximum Gasteiger partial charge on any atom is 0.257 e. The van der Waals surface area contributed by atoms with Gasteiger partial charge in [0.1, 0.15) is 5.82 Å². The Balaban J connectivity index is 1.72. The number of nitrogens with one attached hydrogen (secondary N) is 1. The Labute approximate surface area is 133 Å². The van der Waals surface area contributed by atoms with Gasteiger partial charge in [0.25, 0.3) is 5.91 Å². The molecule has 0 fully saturated rings. The van der Waals surface area contributed by atoms with Crippen molar-refractivity contribution in [2.24, 2.45) is 0 Å². The molecule has 110 valence electrons. The standard InChI is InChI=1S/C14H10N4O2S2/c19-12-7-21-6-11-16-9-5-8(1-2-10(9)18(11)12)13(20)17-14-15-3-4-22-14/h1-5H,6-7H2,(H,15,17,20). The van der Waals surface area contributed by atoms with Gasteiger partial charge in [0.05, 0.1) is 22.5 Å². The number of aromatic nitrogens is 3. The van der Waals surface area contributed by atoms with E-state index in [4.69, 9.17) is 0 Å². The van der Waals surface area contributed by atoms with E-state index in [1.807, 2.05) is 0 Å². The Bertz CT molecular complexity index is 886. The molecule has 22 heavy (non-hydrogen) atoms. The molecule has 0 unspecified atom stereocenters. The number of imidazole rings is 1. The topological polar surface area (TPSA) is 76.9 Å². The van der Waals surface area contributed by atoms with Gasteiger partial charge in [0, 0.05) is 17.1 Å². The molecule has 0 spiro atoms. The van der Waals surface area contributed by atoms with Crippen molar-refractivity contribution in [3.63, 3.8) is 0 Å². The predicted octanol–water partition coefficient (Wildman–Crippen LogP) is 2.63. The molecule has 3 aromatic rings. The zero-order valence-corrected chi connectivity index (χ0v) is 12.9. The summed E-state index contributed by atoms with van der Waals surface area (Å²) in [7, 11) is 0. The fourth-order valence-corrected chi connectivity index (χ4v) is 3.70. The zero-order valence-electron chi connectivity index (χ0n) is 11.3. The van der Waals surface area contributed by atoms with Crippen molar-refractivity contribution in [3.8, 4) is 0 Å². The molecule has 1 aliphatic heterocycles. The zero-order chi connectivity index (χ0) is 15.1. The van der Waals surface area contributed by atoms with Gasteiger partial charge in [-0.3, -0.25) is 19.5 Å². The minimum Gasteiger partial charge on any atom is -0.298 e. The number of hydrogen-bond acceptors (Lipinski definition) is 6. The van der Waals surface area contributed by atoms with Crippen LogP contribution < -0.4 is 5.32 Å². The number of nitrogens with zero attached hydrogens (tertiary/aromatic N) is 3. The van der Waals surface area contributed by atoms with Gasteiger partial charge in [-0.1, -0.05) is 0 Å². The van der Waals surface area contributed by atoms with Gasteiger partial charge < -0.3 is 0 Å². The molecule has 2 aromatic heterocycles. The number of benzene rings is 1. The first-order valence-corrected chi connectivity index (χ1v) is 8.59. The average Bonchev–Trinajstić information content (AvgIpc) is 3.13. The van der Waals surface area contributed by atoms with Gasteiger partial charge in [-0.25, -0.2) is 9.97 Å². The van der Waals surface area contributed by atoms with Gasteiger partial charge in [-0.15, -0.1) is 23.1 Å². The number of anilines is 1. The van der Waals surface area contributed by atoms with E-state index in [1.165, 1.54) is 11.3 Å². The first kappa shape index (κ1) is 13.5. The van der Waals surface area contributed by atoms with Crippen molar-refractivity contribution in [2.75, 3.05) is 11.1 Å². The van der Waals surface area contributed by atoms with E-state index in [0.717, 1.165) is 11.3 Å². The summed E-state index contributed by atoms with van der Waals surface area (Å²) in [5.74, 6) is 1.72. The largest absolute Gasteiger partial charge is 0.298 e. The van der Waals surface area contributed by atoms with Crippen LogP contribution in [-0.2, 0) is 5.75 Å². The fourth-order valence-electron chi connectivity index (χ4n) is 2.40. The molecule has 1 aliphatic rings. The van der Waals surface area contributed by atoms with Crippen LogP contribution >= 0.6 is 23.1 Å². The van der Waals surface area contributed by atoms with E-state index in [9.17, 15) is 9.59 Å². The normalized spacial score (nSPS) is 14.1. The number of carbonyl (C=O) groups is 2. The van der Waals surface area contributed by atoms with Crippen LogP contribution in [0.5, 0.6) is 0 Å². The minimum absolute atomic E-state index is 0.0359. The average molecular weight is 330 g/mol. The SMILES string of the molecule is O=C(Nc1nccs1)c1ccc2c(c1)nc1n2C(=O)CSC1. The summed E-state index contributed by atoms with van der Waals surface area (Å²) in [4.78, 5) is 32.7. The number of amides is 1. The third-order valence-electron chi connectivity index (χ3n) is 3.35. The monoisotopic (exact) mass is 330 g/mol. The Hall–Kier alpha value is -2.19. The summed E-state index contributed by atoms with van der Waals surface area (Å²) in [6.07, 6.45) is 1.64. The number of carbonyl (C=O) groups excluding carboxylic acids is 2. The van der Waals surface area contributed by atoms with E-state index in [1.54, 1.807) is 46.1 Å². The summed E-state index contributed by atoms with van der Waals surface area (Å²) in [5, 5.41) is 5.09. The number of thiazole rings is 1. The molecule has 4 rings (SSSR count). The molecule has 8 heteroatoms. The second kappa shape index (κ2) is 5.22. The highest BCUT2D eigenvalue weighted by molar-refractivity contribution is 7.99. The third kappa shape index (κ3) is 2.20. The lowest BCUT2D eigenvalue weighted by molar-refractivity contribution is 0.0941. The van der Waals surface area contributed by atoms with Gasteiger partial charge in [0.15, 0.2) is 5.13 Å². The molecule has 1 N–H and O–H groups in total. The van der Waals surface area contributed by atoms with Crippen LogP contribution in [0.2, 0.25) is 0 Å². The van der Waals surface area contributed by atoms with E-state index < -0.39 is 0 Å². The van der Waals surface area contributed by atoms with Crippen LogP contribution in [-0.4, -0.2) is 32.1 Å². The molecule has 0 aliphatic carbocycles. The molecule has 0 saturated heterocycles. The third-order valence-corrected chi connectivity index (χ3v) is 4.95. The smallest absolute Gasteiger partial charge is 0.257 e. The Morgan fingerprint density at radius 2 is 2.23 bits per heavy atom. The summed E-state index contributed by atoms with van der Waals surface area (Å²) in [6, 6.07) is 5.19. The summed E-state index contributed by atoms with van der Waals surface area (Å²) >= 11 is 2.92. The van der Waals surface area contributed by atoms with Crippen LogP contribution in [0.1, 0.15) is 21.0 Å². The van der Waals surface area contributed by atoms with Crippen LogP contribution in [0.4, 0.5) is 5.13 Å². The summed E-state index contributed by atoms with van der Waals surface area (Å²) in [5.41, 5.74) is 1.92. The van der Waals surface area contributed by atoms with Crippen molar-refractivity contribution >= 4 is 51.1 Å². The first-order chi connectivity index (χ1) is 10.7. The van der Waals surface area contributed by atoms with Gasteiger partial charge in [-0.2, -0.15) is 0 Å². The van der Waals surface area contributed by atoms with E-state index in [0.29, 0.717) is 27.7 Å². The van der Waals surface area contributed by atoms with Crippen LogP contribution in [0.3, 0.4) is 0 Å². The lowest BCUT2D eigenvalue weighted by atomic mass is 10.2.